The summed E-state index contributed by atoms with van der Waals surface area (Å²) in [5, 5.41) is 13.2. The van der Waals surface area contributed by atoms with Gasteiger partial charge in [-0.1, -0.05) is 52.5 Å². The monoisotopic (exact) mass is 600 g/mol. The van der Waals surface area contributed by atoms with Gasteiger partial charge in [-0.05, 0) is 37.3 Å². The minimum atomic E-state index is -1.50. The number of nitrogens with one attached hydrogen (secondary N) is 2. The average Bonchev–Trinajstić information content (AvgIpc) is 3.32. The molecule has 0 saturated carbocycles. The van der Waals surface area contributed by atoms with Crippen molar-refractivity contribution in [3.8, 4) is 11.5 Å². The number of carbonyl (C=O) groups is 3. The molecule has 1 heterocycles. The van der Waals surface area contributed by atoms with Crippen molar-refractivity contribution in [3.05, 3.63) is 73.7 Å². The lowest BCUT2D eigenvalue weighted by atomic mass is 10.1. The molecule has 1 aliphatic rings. The van der Waals surface area contributed by atoms with Crippen LogP contribution < -0.4 is 20.1 Å². The van der Waals surface area contributed by atoms with E-state index in [4.69, 9.17) is 55.9 Å². The van der Waals surface area contributed by atoms with Crippen LogP contribution in [0.25, 0.3) is 0 Å². The first-order valence-corrected chi connectivity index (χ1v) is 12.8. The van der Waals surface area contributed by atoms with Gasteiger partial charge < -0.3 is 25.2 Å². The van der Waals surface area contributed by atoms with Crippen LogP contribution in [0.5, 0.6) is 11.5 Å². The number of carbonyl (C=O) groups excluding carboxylic acids is 2. The number of aromatic carboxylic acids is 1. The Morgan fingerprint density at radius 3 is 2.22 bits per heavy atom. The van der Waals surface area contributed by atoms with E-state index in [2.05, 4.69) is 10.6 Å². The van der Waals surface area contributed by atoms with E-state index in [0.717, 1.165) is 0 Å². The van der Waals surface area contributed by atoms with Crippen LogP contribution in [0.2, 0.25) is 20.1 Å². The molecule has 3 aromatic carbocycles. The third-order valence-corrected chi connectivity index (χ3v) is 8.02. The number of amides is 2. The molecule has 1 aliphatic heterocycles. The van der Waals surface area contributed by atoms with Crippen molar-refractivity contribution in [3.63, 3.8) is 0 Å². The number of thioether (sulfide) groups is 1. The second-order valence-electron chi connectivity index (χ2n) is 7.61. The lowest BCUT2D eigenvalue weighted by Crippen LogP contribution is -2.22. The lowest BCUT2D eigenvalue weighted by Gasteiger charge is -2.15. The van der Waals surface area contributed by atoms with Crippen molar-refractivity contribution in [1.29, 1.82) is 0 Å². The van der Waals surface area contributed by atoms with Crippen LogP contribution >= 0.6 is 58.2 Å². The first kappa shape index (κ1) is 27.2. The molecule has 0 fully saturated rings. The summed E-state index contributed by atoms with van der Waals surface area (Å²) in [6, 6.07) is 11.8. The van der Waals surface area contributed by atoms with Gasteiger partial charge in [0.15, 0.2) is 11.5 Å². The zero-order valence-corrected chi connectivity index (χ0v) is 22.6. The number of fused-ring (bicyclic) bond motifs is 1. The molecular weight excluding hydrogens is 586 g/mol. The van der Waals surface area contributed by atoms with E-state index in [0.29, 0.717) is 27.8 Å². The minimum Gasteiger partial charge on any atom is -0.478 e. The maximum Gasteiger partial charge on any atom is 0.338 e. The third-order valence-electron chi connectivity index (χ3n) is 5.12. The van der Waals surface area contributed by atoms with Crippen LogP contribution in [0, 0.1) is 0 Å². The maximum absolute atomic E-state index is 13.0. The molecule has 0 saturated heterocycles. The fraction of sp³-hybridized carbons (Fsp3) is 0.125. The molecule has 13 heteroatoms. The molecular formula is C24H16Cl4N2O6S. The minimum absolute atomic E-state index is 0.133. The number of ether oxygens (including phenoxy) is 2. The van der Waals surface area contributed by atoms with Crippen molar-refractivity contribution in [1.82, 2.24) is 0 Å². The van der Waals surface area contributed by atoms with Gasteiger partial charge in [0.1, 0.15) is 0 Å². The predicted molar refractivity (Wildman–Crippen MR) is 144 cm³/mol. The summed E-state index contributed by atoms with van der Waals surface area (Å²) in [5.41, 5.74) is -0.108. The third kappa shape index (κ3) is 5.86. The number of hydrogen-bond acceptors (Lipinski definition) is 6. The Balaban J connectivity index is 1.48. The molecule has 37 heavy (non-hydrogen) atoms. The molecule has 4 rings (SSSR count). The first-order chi connectivity index (χ1) is 17.6. The topological polar surface area (TPSA) is 114 Å². The average molecular weight is 602 g/mol. The predicted octanol–water partition coefficient (Wildman–Crippen LogP) is 7.10. The van der Waals surface area contributed by atoms with E-state index in [9.17, 15) is 19.5 Å². The highest BCUT2D eigenvalue weighted by Gasteiger charge is 2.29. The van der Waals surface area contributed by atoms with Gasteiger partial charge in [-0.3, -0.25) is 9.59 Å². The molecule has 0 aromatic heterocycles. The Bertz CT molecular complexity index is 1430. The van der Waals surface area contributed by atoms with Gasteiger partial charge in [0.2, 0.25) is 12.7 Å². The van der Waals surface area contributed by atoms with Gasteiger partial charge in [-0.2, -0.15) is 0 Å². The highest BCUT2D eigenvalue weighted by Crippen LogP contribution is 2.42. The SMILES string of the molecule is CC(Sc1cccc(NC(=O)c2c(Cl)c(Cl)c(Cl)c(Cl)c2C(=O)O)c1)C(=O)Nc1ccc2c(c1)OCO2. The molecule has 0 radical (unpaired) electrons. The van der Waals surface area contributed by atoms with E-state index < -0.39 is 33.3 Å². The molecule has 1 unspecified atom stereocenters. The Morgan fingerprint density at radius 1 is 0.865 bits per heavy atom. The van der Waals surface area contributed by atoms with Crippen LogP contribution in [-0.4, -0.2) is 34.9 Å². The number of benzene rings is 3. The number of halogens is 4. The van der Waals surface area contributed by atoms with E-state index >= 15 is 0 Å². The molecule has 8 nitrogen and oxygen atoms in total. The highest BCUT2D eigenvalue weighted by atomic mass is 35.5. The summed E-state index contributed by atoms with van der Waals surface area (Å²) in [4.78, 5) is 38.1. The van der Waals surface area contributed by atoms with Crippen LogP contribution in [-0.2, 0) is 4.79 Å². The van der Waals surface area contributed by atoms with Gasteiger partial charge in [0.05, 0.1) is 36.5 Å². The molecule has 3 aromatic rings. The van der Waals surface area contributed by atoms with E-state index in [1.54, 1.807) is 49.4 Å². The second kappa shape index (κ2) is 11.3. The summed E-state index contributed by atoms with van der Waals surface area (Å²) < 4.78 is 10.6. The van der Waals surface area contributed by atoms with Crippen molar-refractivity contribution in [2.24, 2.45) is 0 Å². The standard InChI is InChI=1S/C24H16Cl4N2O6S/c1-10(22(31)29-12-5-6-14-15(8-12)36-9-35-14)37-13-4-2-3-11(7-13)30-23(32)16-17(24(33)34)19(26)21(28)20(27)18(16)25/h2-8,10H,9H2,1H3,(H,29,31)(H,30,32)(H,33,34). The van der Waals surface area contributed by atoms with E-state index in [1.807, 2.05) is 0 Å². The largest absolute Gasteiger partial charge is 0.478 e. The number of carboxylic acids is 1. The molecule has 0 aliphatic carbocycles. The summed E-state index contributed by atoms with van der Waals surface area (Å²) in [5.74, 6) is -1.43. The normalized spacial score (nSPS) is 12.7. The number of carboxylic acid groups (broad SMARTS) is 1. The van der Waals surface area contributed by atoms with E-state index in [-0.39, 0.29) is 27.8 Å². The van der Waals surface area contributed by atoms with Gasteiger partial charge in [-0.15, -0.1) is 11.8 Å². The molecule has 0 spiro atoms. The fourth-order valence-electron chi connectivity index (χ4n) is 3.36. The summed E-state index contributed by atoms with van der Waals surface area (Å²) in [7, 11) is 0. The maximum atomic E-state index is 13.0. The molecule has 0 bridgehead atoms. The first-order valence-electron chi connectivity index (χ1n) is 10.4. The van der Waals surface area contributed by atoms with Gasteiger partial charge in [0.25, 0.3) is 5.91 Å². The lowest BCUT2D eigenvalue weighted by molar-refractivity contribution is -0.115. The van der Waals surface area contributed by atoms with Gasteiger partial charge in [-0.25, -0.2) is 4.79 Å². The van der Waals surface area contributed by atoms with Crippen LogP contribution in [0.4, 0.5) is 11.4 Å². The number of rotatable bonds is 7. The van der Waals surface area contributed by atoms with Crippen molar-refractivity contribution in [2.75, 3.05) is 17.4 Å². The zero-order valence-electron chi connectivity index (χ0n) is 18.7. The smallest absolute Gasteiger partial charge is 0.338 e. The molecule has 1 atom stereocenters. The summed E-state index contributed by atoms with van der Waals surface area (Å²) >= 11 is 25.4. The molecule has 192 valence electrons. The zero-order chi connectivity index (χ0) is 26.9. The Kier molecular flexibility index (Phi) is 8.30. The van der Waals surface area contributed by atoms with Crippen LogP contribution in [0.15, 0.2) is 47.4 Å². The van der Waals surface area contributed by atoms with Crippen LogP contribution in [0.1, 0.15) is 27.6 Å². The Hall–Kier alpha value is -2.82. The van der Waals surface area contributed by atoms with Crippen LogP contribution in [0.3, 0.4) is 0 Å². The van der Waals surface area contributed by atoms with E-state index in [1.165, 1.54) is 11.8 Å². The Morgan fingerprint density at radius 2 is 1.51 bits per heavy atom. The van der Waals surface area contributed by atoms with Gasteiger partial charge in [0, 0.05) is 22.3 Å². The Labute approximate surface area is 235 Å². The molecule has 2 amide bonds. The summed E-state index contributed by atoms with van der Waals surface area (Å²) in [6.45, 7) is 1.86. The number of anilines is 2. The molecule has 3 N–H and O–H groups in total. The fourth-order valence-corrected chi connectivity index (χ4v) is 5.31. The summed E-state index contributed by atoms with van der Waals surface area (Å²) in [6.07, 6.45) is 0. The van der Waals surface area contributed by atoms with Crippen molar-refractivity contribution < 1.29 is 29.0 Å². The van der Waals surface area contributed by atoms with Crippen molar-refractivity contribution in [2.45, 2.75) is 17.1 Å². The number of hydrogen-bond donors (Lipinski definition) is 3. The highest BCUT2D eigenvalue weighted by molar-refractivity contribution is 8.00. The quantitative estimate of drug-likeness (QED) is 0.150. The second-order valence-corrected chi connectivity index (χ2v) is 10.5. The van der Waals surface area contributed by atoms with Gasteiger partial charge >= 0.3 is 5.97 Å². The van der Waals surface area contributed by atoms with Crippen molar-refractivity contribution >= 4 is 87.3 Å².